The van der Waals surface area contributed by atoms with Gasteiger partial charge in [-0.3, -0.25) is 9.59 Å². The van der Waals surface area contributed by atoms with Gasteiger partial charge >= 0.3 is 5.97 Å². The van der Waals surface area contributed by atoms with Gasteiger partial charge in [-0.05, 0) is 44.0 Å². The van der Waals surface area contributed by atoms with Crippen LogP contribution in [0, 0.1) is 5.92 Å². The summed E-state index contributed by atoms with van der Waals surface area (Å²) in [6.07, 6.45) is 1.03. The smallest absolute Gasteiger partial charge is 0.304 e. The van der Waals surface area contributed by atoms with Gasteiger partial charge in [0, 0.05) is 12.3 Å². The molecule has 2 rings (SSSR count). The Kier molecular flexibility index (Phi) is 5.77. The number of carboxylic acids is 1. The van der Waals surface area contributed by atoms with E-state index in [1.165, 1.54) is 0 Å². The van der Waals surface area contributed by atoms with E-state index in [0.29, 0.717) is 25.3 Å². The third-order valence-electron chi connectivity index (χ3n) is 3.58. The molecule has 2 atom stereocenters. The molecule has 1 heterocycles. The molecule has 1 fully saturated rings. The van der Waals surface area contributed by atoms with Gasteiger partial charge in [0.2, 0.25) is 5.91 Å². The van der Waals surface area contributed by atoms with Crippen molar-refractivity contribution in [3.05, 3.63) is 24.3 Å². The number of hydrogen-bond acceptors (Lipinski definition) is 4. The van der Waals surface area contributed by atoms with Crippen molar-refractivity contribution in [2.24, 2.45) is 5.92 Å². The Hall–Kier alpha value is -2.08. The van der Waals surface area contributed by atoms with E-state index in [2.05, 4.69) is 5.32 Å². The van der Waals surface area contributed by atoms with E-state index < -0.39 is 11.9 Å². The molecular formula is C16H21NO5. The summed E-state index contributed by atoms with van der Waals surface area (Å²) >= 11 is 0. The van der Waals surface area contributed by atoms with Gasteiger partial charge in [0.15, 0.2) is 0 Å². The van der Waals surface area contributed by atoms with Gasteiger partial charge in [-0.2, -0.15) is 0 Å². The number of hydrogen-bond donors (Lipinski definition) is 2. The molecule has 0 aliphatic carbocycles. The first-order valence-electron chi connectivity index (χ1n) is 7.47. The van der Waals surface area contributed by atoms with Crippen LogP contribution in [0.25, 0.3) is 0 Å². The average molecular weight is 307 g/mol. The molecule has 6 heteroatoms. The van der Waals surface area contributed by atoms with Crippen molar-refractivity contribution >= 4 is 17.6 Å². The molecule has 1 amide bonds. The van der Waals surface area contributed by atoms with Crippen LogP contribution in [0.5, 0.6) is 5.75 Å². The molecule has 0 spiro atoms. The number of carbonyl (C=O) groups excluding carboxylic acids is 1. The standard InChI is InChI=1S/C16H21NO5/c1-2-21-12-7-5-11(6-8-12)17-16(20)13(10-15(18)19)14-4-3-9-22-14/h5-8,13-14H,2-4,9-10H2,1H3,(H,17,20)(H,18,19). The van der Waals surface area contributed by atoms with Crippen molar-refractivity contribution in [2.45, 2.75) is 32.3 Å². The zero-order chi connectivity index (χ0) is 15.9. The number of rotatable bonds is 7. The maximum absolute atomic E-state index is 12.4. The number of anilines is 1. The second-order valence-electron chi connectivity index (χ2n) is 5.20. The average Bonchev–Trinajstić information content (AvgIpc) is 3.01. The highest BCUT2D eigenvalue weighted by molar-refractivity contribution is 5.94. The lowest BCUT2D eigenvalue weighted by Gasteiger charge is -2.20. The van der Waals surface area contributed by atoms with Gasteiger partial charge < -0.3 is 19.9 Å². The SMILES string of the molecule is CCOc1ccc(NC(=O)C(CC(=O)O)C2CCCO2)cc1. The van der Waals surface area contributed by atoms with Gasteiger partial charge in [-0.25, -0.2) is 0 Å². The van der Waals surface area contributed by atoms with Gasteiger partial charge in [-0.1, -0.05) is 0 Å². The molecule has 22 heavy (non-hydrogen) atoms. The summed E-state index contributed by atoms with van der Waals surface area (Å²) in [4.78, 5) is 23.3. The second kappa shape index (κ2) is 7.79. The van der Waals surface area contributed by atoms with Gasteiger partial charge in [0.25, 0.3) is 0 Å². The first-order valence-corrected chi connectivity index (χ1v) is 7.47. The predicted octanol–water partition coefficient (Wildman–Crippen LogP) is 2.29. The first kappa shape index (κ1) is 16.3. The topological polar surface area (TPSA) is 84.9 Å². The largest absolute Gasteiger partial charge is 0.494 e. The molecule has 0 saturated carbocycles. The van der Waals surface area contributed by atoms with Crippen molar-refractivity contribution < 1.29 is 24.2 Å². The van der Waals surface area contributed by atoms with Crippen LogP contribution in [0.3, 0.4) is 0 Å². The maximum Gasteiger partial charge on any atom is 0.304 e. The highest BCUT2D eigenvalue weighted by Gasteiger charge is 2.33. The van der Waals surface area contributed by atoms with Crippen LogP contribution in [0.2, 0.25) is 0 Å². The van der Waals surface area contributed by atoms with Crippen LogP contribution in [-0.4, -0.2) is 36.3 Å². The lowest BCUT2D eigenvalue weighted by atomic mass is 9.95. The maximum atomic E-state index is 12.4. The highest BCUT2D eigenvalue weighted by Crippen LogP contribution is 2.25. The summed E-state index contributed by atoms with van der Waals surface area (Å²) < 4.78 is 10.8. The number of amides is 1. The summed E-state index contributed by atoms with van der Waals surface area (Å²) in [6, 6.07) is 6.99. The minimum atomic E-state index is -0.998. The molecule has 1 saturated heterocycles. The quantitative estimate of drug-likeness (QED) is 0.807. The Morgan fingerprint density at radius 3 is 2.68 bits per heavy atom. The Labute approximate surface area is 129 Å². The third kappa shape index (κ3) is 4.46. The van der Waals surface area contributed by atoms with Crippen molar-refractivity contribution in [2.75, 3.05) is 18.5 Å². The minimum absolute atomic E-state index is 0.229. The first-order chi connectivity index (χ1) is 10.6. The number of carbonyl (C=O) groups is 2. The van der Waals surface area contributed by atoms with Crippen LogP contribution >= 0.6 is 0 Å². The zero-order valence-corrected chi connectivity index (χ0v) is 12.6. The van der Waals surface area contributed by atoms with E-state index in [1.54, 1.807) is 24.3 Å². The van der Waals surface area contributed by atoms with Crippen LogP contribution in [0.15, 0.2) is 24.3 Å². The summed E-state index contributed by atoms with van der Waals surface area (Å²) in [7, 11) is 0. The van der Waals surface area contributed by atoms with Crippen molar-refractivity contribution in [1.82, 2.24) is 0 Å². The summed E-state index contributed by atoms with van der Waals surface area (Å²) in [5.41, 5.74) is 0.613. The molecule has 0 radical (unpaired) electrons. The van der Waals surface area contributed by atoms with Crippen LogP contribution in [0.4, 0.5) is 5.69 Å². The lowest BCUT2D eigenvalue weighted by molar-refractivity contribution is -0.142. The molecule has 1 aromatic carbocycles. The minimum Gasteiger partial charge on any atom is -0.494 e. The molecule has 6 nitrogen and oxygen atoms in total. The van der Waals surface area contributed by atoms with Crippen LogP contribution < -0.4 is 10.1 Å². The molecule has 1 aliphatic rings. The third-order valence-corrected chi connectivity index (χ3v) is 3.58. The van der Waals surface area contributed by atoms with Crippen molar-refractivity contribution in [3.8, 4) is 5.75 Å². The normalized spacial score (nSPS) is 18.7. The predicted molar refractivity (Wildman–Crippen MR) is 81.0 cm³/mol. The van der Waals surface area contributed by atoms with E-state index >= 15 is 0 Å². The fourth-order valence-corrected chi connectivity index (χ4v) is 2.54. The molecule has 2 N–H and O–H groups in total. The lowest BCUT2D eigenvalue weighted by Crippen LogP contribution is -2.34. The molecule has 2 unspecified atom stereocenters. The number of ether oxygens (including phenoxy) is 2. The molecule has 0 bridgehead atoms. The molecule has 120 valence electrons. The zero-order valence-electron chi connectivity index (χ0n) is 12.6. The fourth-order valence-electron chi connectivity index (χ4n) is 2.54. The monoisotopic (exact) mass is 307 g/mol. The number of benzene rings is 1. The van der Waals surface area contributed by atoms with Gasteiger partial charge in [0.1, 0.15) is 5.75 Å². The van der Waals surface area contributed by atoms with E-state index in [4.69, 9.17) is 14.6 Å². The summed E-state index contributed by atoms with van der Waals surface area (Å²) in [5.74, 6) is -1.27. The Balaban J connectivity index is 2.01. The number of aliphatic carboxylic acids is 1. The van der Waals surface area contributed by atoms with Crippen molar-refractivity contribution in [3.63, 3.8) is 0 Å². The highest BCUT2D eigenvalue weighted by atomic mass is 16.5. The molecule has 1 aliphatic heterocycles. The molecule has 0 aromatic heterocycles. The Bertz CT molecular complexity index is 508. The Morgan fingerprint density at radius 2 is 2.14 bits per heavy atom. The Morgan fingerprint density at radius 1 is 1.41 bits per heavy atom. The van der Waals surface area contributed by atoms with Crippen LogP contribution in [0.1, 0.15) is 26.2 Å². The summed E-state index contributed by atoms with van der Waals surface area (Å²) in [5, 5.41) is 11.8. The van der Waals surface area contributed by atoms with Crippen molar-refractivity contribution in [1.29, 1.82) is 0 Å². The van der Waals surface area contributed by atoms with E-state index in [0.717, 1.165) is 12.2 Å². The van der Waals surface area contributed by atoms with Gasteiger partial charge in [-0.15, -0.1) is 0 Å². The fraction of sp³-hybridized carbons (Fsp3) is 0.500. The molecular weight excluding hydrogens is 286 g/mol. The van der Waals surface area contributed by atoms with E-state index in [-0.39, 0.29) is 18.4 Å². The van der Waals surface area contributed by atoms with E-state index in [9.17, 15) is 9.59 Å². The summed E-state index contributed by atoms with van der Waals surface area (Å²) in [6.45, 7) is 3.05. The van der Waals surface area contributed by atoms with Crippen LogP contribution in [-0.2, 0) is 14.3 Å². The van der Waals surface area contributed by atoms with E-state index in [1.807, 2.05) is 6.92 Å². The molecule has 1 aromatic rings. The number of nitrogens with one attached hydrogen (secondary N) is 1. The van der Waals surface area contributed by atoms with Gasteiger partial charge in [0.05, 0.1) is 25.0 Å². The number of carboxylic acid groups (broad SMARTS) is 1. The second-order valence-corrected chi connectivity index (χ2v) is 5.20.